The van der Waals surface area contributed by atoms with E-state index in [0.717, 1.165) is 22.1 Å². The minimum absolute atomic E-state index is 0.0554. The minimum Gasteiger partial charge on any atom is -0.497 e. The predicted octanol–water partition coefficient (Wildman–Crippen LogP) is 3.45. The summed E-state index contributed by atoms with van der Waals surface area (Å²) in [7, 11) is 1.66. The molecule has 0 spiro atoms. The molecule has 2 nitrogen and oxygen atoms in total. The van der Waals surface area contributed by atoms with Gasteiger partial charge >= 0.3 is 0 Å². The van der Waals surface area contributed by atoms with Gasteiger partial charge in [-0.3, -0.25) is 4.79 Å². The second-order valence-electron chi connectivity index (χ2n) is 3.92. The number of benzene rings is 2. The molecule has 2 aromatic carbocycles. The maximum absolute atomic E-state index is 10.9. The molecule has 2 aromatic rings. The third kappa shape index (κ3) is 2.72. The Morgan fingerprint density at radius 1 is 1.12 bits per heavy atom. The van der Waals surface area contributed by atoms with Gasteiger partial charge in [0.2, 0.25) is 0 Å². The van der Waals surface area contributed by atoms with Crippen LogP contribution in [-0.4, -0.2) is 12.9 Å². The highest BCUT2D eigenvalue weighted by Crippen LogP contribution is 2.22. The molecule has 0 aliphatic rings. The highest BCUT2D eigenvalue weighted by Gasteiger charge is 1.97. The van der Waals surface area contributed by atoms with Gasteiger partial charge in [0, 0.05) is 0 Å². The van der Waals surface area contributed by atoms with E-state index in [0.29, 0.717) is 0 Å². The van der Waals surface area contributed by atoms with Crippen molar-refractivity contribution >= 4 is 22.6 Å². The van der Waals surface area contributed by atoms with Gasteiger partial charge in [-0.15, -0.1) is 0 Å². The normalized spacial score (nSPS) is 10.9. The Bertz CT molecular complexity index is 582. The lowest BCUT2D eigenvalue weighted by Crippen LogP contribution is -1.83. The van der Waals surface area contributed by atoms with Gasteiger partial charge in [0.05, 0.1) is 7.11 Å². The van der Waals surface area contributed by atoms with E-state index >= 15 is 0 Å². The van der Waals surface area contributed by atoms with Crippen molar-refractivity contribution in [2.45, 2.75) is 6.92 Å². The van der Waals surface area contributed by atoms with Crippen LogP contribution in [0.25, 0.3) is 16.8 Å². The van der Waals surface area contributed by atoms with E-state index in [9.17, 15) is 4.79 Å². The molecule has 0 saturated heterocycles. The topological polar surface area (TPSA) is 26.3 Å². The quantitative estimate of drug-likeness (QED) is 0.749. The van der Waals surface area contributed by atoms with Crippen molar-refractivity contribution in [3.8, 4) is 5.75 Å². The summed E-state index contributed by atoms with van der Waals surface area (Å²) in [4.78, 5) is 10.9. The fraction of sp³-hybridized carbons (Fsp3) is 0.133. The Balaban J connectivity index is 2.41. The van der Waals surface area contributed by atoms with Gasteiger partial charge in [0.25, 0.3) is 0 Å². The molecule has 0 unspecified atom stereocenters. The van der Waals surface area contributed by atoms with Crippen molar-refractivity contribution in [1.29, 1.82) is 0 Å². The number of ether oxygens (including phenoxy) is 1. The highest BCUT2D eigenvalue weighted by molar-refractivity contribution is 5.92. The van der Waals surface area contributed by atoms with Crippen molar-refractivity contribution in [1.82, 2.24) is 0 Å². The molecular weight excluding hydrogens is 212 g/mol. The number of fused-ring (bicyclic) bond motifs is 1. The Morgan fingerprint density at radius 2 is 1.82 bits per heavy atom. The molecule has 86 valence electrons. The zero-order valence-corrected chi connectivity index (χ0v) is 9.94. The smallest absolute Gasteiger partial charge is 0.152 e. The van der Waals surface area contributed by atoms with E-state index in [1.807, 2.05) is 42.5 Å². The number of allylic oxidation sites excluding steroid dienone is 1. The molecule has 0 radical (unpaired) electrons. The molecule has 0 saturated carbocycles. The molecule has 0 aromatic heterocycles. The maximum Gasteiger partial charge on any atom is 0.152 e. The van der Waals surface area contributed by atoms with Gasteiger partial charge in [-0.05, 0) is 47.5 Å². The van der Waals surface area contributed by atoms with E-state index in [2.05, 4.69) is 0 Å². The van der Waals surface area contributed by atoms with Crippen molar-refractivity contribution in [3.05, 3.63) is 48.0 Å². The summed E-state index contributed by atoms with van der Waals surface area (Å²) < 4.78 is 5.17. The summed E-state index contributed by atoms with van der Waals surface area (Å²) in [5, 5.41) is 2.26. The minimum atomic E-state index is 0.0554. The van der Waals surface area contributed by atoms with Crippen molar-refractivity contribution in [2.75, 3.05) is 7.11 Å². The first kappa shape index (κ1) is 11.4. The number of carbonyl (C=O) groups excluding carboxylic acids is 1. The SMILES string of the molecule is COc1ccc2cc(/C=C\C(C)=O)ccc2c1. The molecule has 0 aliphatic heterocycles. The van der Waals surface area contributed by atoms with Crippen LogP contribution in [0.5, 0.6) is 5.75 Å². The summed E-state index contributed by atoms with van der Waals surface area (Å²) in [6.45, 7) is 1.54. The molecule has 2 heteroatoms. The maximum atomic E-state index is 10.9. The van der Waals surface area contributed by atoms with Gasteiger partial charge in [-0.2, -0.15) is 0 Å². The largest absolute Gasteiger partial charge is 0.497 e. The van der Waals surface area contributed by atoms with Crippen molar-refractivity contribution in [3.63, 3.8) is 0 Å². The van der Waals surface area contributed by atoms with Crippen LogP contribution >= 0.6 is 0 Å². The van der Waals surface area contributed by atoms with Crippen molar-refractivity contribution in [2.24, 2.45) is 0 Å². The lowest BCUT2D eigenvalue weighted by molar-refractivity contribution is -0.112. The fourth-order valence-corrected chi connectivity index (χ4v) is 1.69. The van der Waals surface area contributed by atoms with E-state index in [4.69, 9.17) is 4.74 Å². The predicted molar refractivity (Wildman–Crippen MR) is 70.2 cm³/mol. The summed E-state index contributed by atoms with van der Waals surface area (Å²) in [5.41, 5.74) is 1.03. The standard InChI is InChI=1S/C15H14O2/c1-11(16)3-4-12-5-6-14-10-15(17-2)8-7-13(14)9-12/h3-10H,1-2H3/b4-3-. The Morgan fingerprint density at radius 3 is 2.53 bits per heavy atom. The fourth-order valence-electron chi connectivity index (χ4n) is 1.69. The number of carbonyl (C=O) groups is 1. The number of hydrogen-bond donors (Lipinski definition) is 0. The average Bonchev–Trinajstić information content (AvgIpc) is 2.35. The number of methoxy groups -OCH3 is 1. The van der Waals surface area contributed by atoms with Crippen molar-refractivity contribution < 1.29 is 9.53 Å². The summed E-state index contributed by atoms with van der Waals surface area (Å²) >= 11 is 0. The Hall–Kier alpha value is -2.09. The molecule has 0 heterocycles. The van der Waals surface area contributed by atoms with Gasteiger partial charge in [0.15, 0.2) is 5.78 Å². The van der Waals surface area contributed by atoms with Gasteiger partial charge in [-0.1, -0.05) is 24.3 Å². The van der Waals surface area contributed by atoms with E-state index in [1.54, 1.807) is 20.1 Å². The Labute approximate surface area is 101 Å². The lowest BCUT2D eigenvalue weighted by Gasteiger charge is -2.03. The molecule has 0 bridgehead atoms. The lowest BCUT2D eigenvalue weighted by atomic mass is 10.1. The summed E-state index contributed by atoms with van der Waals surface area (Å²) in [5.74, 6) is 0.907. The van der Waals surface area contributed by atoms with Gasteiger partial charge < -0.3 is 4.74 Å². The second kappa shape index (κ2) is 4.83. The second-order valence-corrected chi connectivity index (χ2v) is 3.92. The molecule has 0 aliphatic carbocycles. The summed E-state index contributed by atoms with van der Waals surface area (Å²) in [6.07, 6.45) is 3.40. The number of rotatable bonds is 3. The first-order chi connectivity index (χ1) is 8.19. The third-order valence-corrected chi connectivity index (χ3v) is 2.58. The molecule has 0 amide bonds. The monoisotopic (exact) mass is 226 g/mol. The molecule has 0 fully saturated rings. The average molecular weight is 226 g/mol. The van der Waals surface area contributed by atoms with Crippen LogP contribution < -0.4 is 4.74 Å². The first-order valence-corrected chi connectivity index (χ1v) is 5.45. The van der Waals surface area contributed by atoms with Crippen LogP contribution in [0.3, 0.4) is 0 Å². The van der Waals surface area contributed by atoms with E-state index < -0.39 is 0 Å². The molecule has 0 N–H and O–H groups in total. The van der Waals surface area contributed by atoms with Gasteiger partial charge in [0.1, 0.15) is 5.75 Å². The number of hydrogen-bond acceptors (Lipinski definition) is 2. The van der Waals surface area contributed by atoms with E-state index in [1.165, 1.54) is 0 Å². The van der Waals surface area contributed by atoms with Crippen LogP contribution in [0.15, 0.2) is 42.5 Å². The first-order valence-electron chi connectivity index (χ1n) is 5.45. The van der Waals surface area contributed by atoms with E-state index in [-0.39, 0.29) is 5.78 Å². The molecule has 17 heavy (non-hydrogen) atoms. The third-order valence-electron chi connectivity index (χ3n) is 2.58. The van der Waals surface area contributed by atoms with Gasteiger partial charge in [-0.25, -0.2) is 0 Å². The summed E-state index contributed by atoms with van der Waals surface area (Å²) in [6, 6.07) is 12.0. The zero-order valence-electron chi connectivity index (χ0n) is 9.94. The number of ketones is 1. The van der Waals surface area contributed by atoms with Crippen LogP contribution in [0.4, 0.5) is 0 Å². The van der Waals surface area contributed by atoms with Crippen LogP contribution in [0.2, 0.25) is 0 Å². The zero-order chi connectivity index (χ0) is 12.3. The van der Waals surface area contributed by atoms with Crippen LogP contribution in [0.1, 0.15) is 12.5 Å². The Kier molecular flexibility index (Phi) is 3.24. The molecule has 0 atom stereocenters. The molecule has 2 rings (SSSR count). The highest BCUT2D eigenvalue weighted by atomic mass is 16.5. The molecular formula is C15H14O2. The van der Waals surface area contributed by atoms with Crippen LogP contribution in [0, 0.1) is 0 Å². The van der Waals surface area contributed by atoms with Crippen LogP contribution in [-0.2, 0) is 4.79 Å².